The Hall–Kier alpha value is -0.990. The molecule has 4 saturated carbocycles. The van der Waals surface area contributed by atoms with Gasteiger partial charge in [0.15, 0.2) is 6.29 Å². The van der Waals surface area contributed by atoms with Gasteiger partial charge < -0.3 is 29.5 Å². The van der Waals surface area contributed by atoms with Crippen LogP contribution >= 0.6 is 0 Å². The lowest BCUT2D eigenvalue weighted by Gasteiger charge is -2.71. The standard InChI is InChI=1S/C36H58O7/c1-31(2)15-17-36(30(40)41-8)18-16-34(6)21(22(36)19-31)9-10-25-33(5)13-12-26(32(3,4)24(33)11-14-35(25,34)7)43-29-28(39)27(38)23(37)20-42-29/h9,22-29,37-39H,10-20H2,1-8H3/t22-,23-,24-,25+,26-,27-,28+,29-,33-,34+,35+,36-/m0/s1. The highest BCUT2D eigenvalue weighted by Crippen LogP contribution is 2.76. The maximum absolute atomic E-state index is 13.5. The highest BCUT2D eigenvalue weighted by Gasteiger charge is 2.69. The third kappa shape index (κ3) is 4.41. The number of esters is 1. The van der Waals surface area contributed by atoms with Crippen molar-refractivity contribution >= 4 is 5.97 Å². The number of fused-ring (bicyclic) bond motifs is 7. The van der Waals surface area contributed by atoms with Gasteiger partial charge in [0.2, 0.25) is 0 Å². The van der Waals surface area contributed by atoms with Crippen molar-refractivity contribution in [1.29, 1.82) is 0 Å². The second-order valence-electron chi connectivity index (χ2n) is 17.6. The summed E-state index contributed by atoms with van der Waals surface area (Å²) in [5, 5.41) is 30.8. The van der Waals surface area contributed by atoms with E-state index in [4.69, 9.17) is 14.2 Å². The van der Waals surface area contributed by atoms with E-state index in [1.54, 1.807) is 12.7 Å². The molecule has 0 amide bonds. The molecule has 5 aliphatic carbocycles. The molecule has 6 rings (SSSR count). The normalized spacial score (nSPS) is 52.0. The summed E-state index contributed by atoms with van der Waals surface area (Å²) < 4.78 is 17.7. The van der Waals surface area contributed by atoms with Gasteiger partial charge in [-0.15, -0.1) is 0 Å². The fourth-order valence-corrected chi connectivity index (χ4v) is 12.1. The summed E-state index contributed by atoms with van der Waals surface area (Å²) in [6.07, 6.45) is 8.16. The molecule has 0 aromatic heterocycles. The van der Waals surface area contributed by atoms with E-state index < -0.39 is 24.6 Å². The van der Waals surface area contributed by atoms with E-state index >= 15 is 0 Å². The van der Waals surface area contributed by atoms with Crippen molar-refractivity contribution in [2.24, 2.45) is 50.2 Å². The van der Waals surface area contributed by atoms with Crippen LogP contribution in [-0.2, 0) is 19.0 Å². The number of hydrogen-bond donors (Lipinski definition) is 3. The first kappa shape index (κ1) is 32.0. The fraction of sp³-hybridized carbons (Fsp3) is 0.917. The van der Waals surface area contributed by atoms with Crippen LogP contribution in [0.15, 0.2) is 11.6 Å². The quantitative estimate of drug-likeness (QED) is 0.214. The Balaban J connectivity index is 1.30. The van der Waals surface area contributed by atoms with Gasteiger partial charge in [0.05, 0.1) is 25.2 Å². The molecular formula is C36H58O7. The molecule has 7 heteroatoms. The lowest BCUT2D eigenvalue weighted by molar-refractivity contribution is -0.308. The van der Waals surface area contributed by atoms with E-state index in [1.165, 1.54) is 0 Å². The minimum atomic E-state index is -1.27. The zero-order valence-electron chi connectivity index (χ0n) is 27.9. The van der Waals surface area contributed by atoms with Gasteiger partial charge in [-0.2, -0.15) is 0 Å². The van der Waals surface area contributed by atoms with Crippen molar-refractivity contribution < 1.29 is 34.3 Å². The summed E-state index contributed by atoms with van der Waals surface area (Å²) in [4.78, 5) is 13.5. The molecule has 3 N–H and O–H groups in total. The predicted molar refractivity (Wildman–Crippen MR) is 164 cm³/mol. The number of allylic oxidation sites excluding steroid dienone is 2. The highest BCUT2D eigenvalue weighted by atomic mass is 16.7. The summed E-state index contributed by atoms with van der Waals surface area (Å²) in [5.74, 6) is 1.23. The molecule has 0 spiro atoms. The summed E-state index contributed by atoms with van der Waals surface area (Å²) >= 11 is 0. The maximum Gasteiger partial charge on any atom is 0.312 e. The molecule has 244 valence electrons. The summed E-state index contributed by atoms with van der Waals surface area (Å²) in [6.45, 7) is 17.0. The topological polar surface area (TPSA) is 105 Å². The van der Waals surface area contributed by atoms with Crippen LogP contribution in [0.25, 0.3) is 0 Å². The zero-order valence-corrected chi connectivity index (χ0v) is 27.9. The summed E-state index contributed by atoms with van der Waals surface area (Å²) in [6, 6.07) is 0. The molecule has 12 atom stereocenters. The van der Waals surface area contributed by atoms with Crippen molar-refractivity contribution in [1.82, 2.24) is 0 Å². The molecule has 1 saturated heterocycles. The lowest BCUT2D eigenvalue weighted by atomic mass is 9.33. The van der Waals surface area contributed by atoms with Crippen LogP contribution in [0.2, 0.25) is 0 Å². The molecule has 0 unspecified atom stereocenters. The largest absolute Gasteiger partial charge is 0.469 e. The van der Waals surface area contributed by atoms with Crippen molar-refractivity contribution in [3.8, 4) is 0 Å². The number of methoxy groups -OCH3 is 1. The predicted octanol–water partition coefficient (Wildman–Crippen LogP) is 5.79. The molecular weight excluding hydrogens is 544 g/mol. The van der Waals surface area contributed by atoms with Crippen molar-refractivity contribution in [3.05, 3.63) is 11.6 Å². The van der Waals surface area contributed by atoms with Crippen LogP contribution in [0.5, 0.6) is 0 Å². The van der Waals surface area contributed by atoms with Crippen LogP contribution in [-0.4, -0.2) is 65.7 Å². The fourth-order valence-electron chi connectivity index (χ4n) is 12.1. The molecule has 1 aliphatic heterocycles. The highest BCUT2D eigenvalue weighted by molar-refractivity contribution is 5.78. The van der Waals surface area contributed by atoms with E-state index in [1.807, 2.05) is 0 Å². The minimum Gasteiger partial charge on any atom is -0.469 e. The van der Waals surface area contributed by atoms with Crippen LogP contribution in [0.1, 0.15) is 113 Å². The van der Waals surface area contributed by atoms with Crippen molar-refractivity contribution in [2.45, 2.75) is 143 Å². The van der Waals surface area contributed by atoms with Gasteiger partial charge in [-0.05, 0) is 109 Å². The number of hydrogen-bond acceptors (Lipinski definition) is 7. The maximum atomic E-state index is 13.5. The van der Waals surface area contributed by atoms with E-state index in [9.17, 15) is 20.1 Å². The molecule has 0 radical (unpaired) electrons. The van der Waals surface area contributed by atoms with Gasteiger partial charge in [-0.3, -0.25) is 4.79 Å². The lowest BCUT2D eigenvalue weighted by Crippen LogP contribution is -2.65. The Labute approximate surface area is 259 Å². The second kappa shape index (κ2) is 10.3. The van der Waals surface area contributed by atoms with Gasteiger partial charge in [-0.1, -0.05) is 60.1 Å². The Kier molecular flexibility index (Phi) is 7.62. The average molecular weight is 603 g/mol. The van der Waals surface area contributed by atoms with E-state index in [-0.39, 0.29) is 57.1 Å². The Bertz CT molecular complexity index is 1150. The number of rotatable bonds is 3. The minimum absolute atomic E-state index is 0.00746. The molecule has 43 heavy (non-hydrogen) atoms. The first-order valence-electron chi connectivity index (χ1n) is 17.1. The molecule has 7 nitrogen and oxygen atoms in total. The molecule has 1 heterocycles. The third-order valence-corrected chi connectivity index (χ3v) is 14.9. The Morgan fingerprint density at radius 3 is 2.28 bits per heavy atom. The first-order valence-corrected chi connectivity index (χ1v) is 17.1. The van der Waals surface area contributed by atoms with Crippen LogP contribution in [0, 0.1) is 50.2 Å². The zero-order chi connectivity index (χ0) is 31.4. The number of carbonyl (C=O) groups excluding carboxylic acids is 1. The van der Waals surface area contributed by atoms with Crippen LogP contribution < -0.4 is 0 Å². The summed E-state index contributed by atoms with van der Waals surface area (Å²) in [5.41, 5.74) is 1.56. The van der Waals surface area contributed by atoms with E-state index in [0.29, 0.717) is 11.8 Å². The van der Waals surface area contributed by atoms with E-state index in [0.717, 1.165) is 64.2 Å². The smallest absolute Gasteiger partial charge is 0.312 e. The third-order valence-electron chi connectivity index (χ3n) is 14.9. The Morgan fingerprint density at radius 2 is 1.58 bits per heavy atom. The monoisotopic (exact) mass is 602 g/mol. The second-order valence-corrected chi connectivity index (χ2v) is 17.6. The molecule has 0 aromatic carbocycles. The Morgan fingerprint density at radius 1 is 0.884 bits per heavy atom. The van der Waals surface area contributed by atoms with Gasteiger partial charge in [0.25, 0.3) is 0 Å². The van der Waals surface area contributed by atoms with E-state index in [2.05, 4.69) is 54.5 Å². The molecule has 5 fully saturated rings. The number of aliphatic hydroxyl groups excluding tert-OH is 3. The van der Waals surface area contributed by atoms with Gasteiger partial charge in [0.1, 0.15) is 18.3 Å². The number of carbonyl (C=O) groups is 1. The van der Waals surface area contributed by atoms with Gasteiger partial charge in [0, 0.05) is 0 Å². The van der Waals surface area contributed by atoms with Gasteiger partial charge >= 0.3 is 5.97 Å². The van der Waals surface area contributed by atoms with Crippen LogP contribution in [0.4, 0.5) is 0 Å². The molecule has 0 aromatic rings. The SMILES string of the molecule is COC(=O)[C@]12CCC(C)(C)C[C@H]1C1=CC[C@@H]3[C@@]4(C)CC[C@H](O[C@@H]5OC[C@H](O)[C@H](O)[C@H]5O)C(C)(C)[C@@H]4CC[C@@]3(C)[C@]1(C)CC2. The molecule has 0 bridgehead atoms. The number of aliphatic hydroxyl groups is 3. The number of ether oxygens (including phenoxy) is 3. The van der Waals surface area contributed by atoms with Gasteiger partial charge in [-0.25, -0.2) is 0 Å². The van der Waals surface area contributed by atoms with Crippen molar-refractivity contribution in [2.75, 3.05) is 13.7 Å². The van der Waals surface area contributed by atoms with Crippen LogP contribution in [0.3, 0.4) is 0 Å². The average Bonchev–Trinajstić information content (AvgIpc) is 2.94. The van der Waals surface area contributed by atoms with Crippen molar-refractivity contribution in [3.63, 3.8) is 0 Å². The summed E-state index contributed by atoms with van der Waals surface area (Å²) in [7, 11) is 1.57. The first-order chi connectivity index (χ1) is 20.0. The molecule has 6 aliphatic rings.